The molecule has 1 heterocycles. The second-order valence-corrected chi connectivity index (χ2v) is 4.50. The molecule has 1 aromatic heterocycles. The van der Waals surface area contributed by atoms with E-state index >= 15 is 0 Å². The Bertz CT molecular complexity index is 304. The molecule has 1 saturated carbocycles. The fourth-order valence-electron chi connectivity index (χ4n) is 1.85. The zero-order chi connectivity index (χ0) is 10.0. The van der Waals surface area contributed by atoms with Gasteiger partial charge in [0.1, 0.15) is 0 Å². The standard InChI is InChI=1S/C10H17N3O/c1-8-12-9(13-14-8)6-11-7-10(2)4-3-5-10/h11H,3-7H2,1-2H3. The molecule has 4 nitrogen and oxygen atoms in total. The third-order valence-corrected chi connectivity index (χ3v) is 2.97. The van der Waals surface area contributed by atoms with Crippen LogP contribution in [0.2, 0.25) is 0 Å². The Kier molecular flexibility index (Phi) is 2.54. The zero-order valence-corrected chi connectivity index (χ0v) is 8.84. The largest absolute Gasteiger partial charge is 0.340 e. The summed E-state index contributed by atoms with van der Waals surface area (Å²) in [5.41, 5.74) is 0.513. The molecule has 4 heteroatoms. The van der Waals surface area contributed by atoms with Crippen LogP contribution in [0, 0.1) is 12.3 Å². The van der Waals surface area contributed by atoms with Gasteiger partial charge in [-0.1, -0.05) is 18.5 Å². The van der Waals surface area contributed by atoms with Gasteiger partial charge in [-0.05, 0) is 18.3 Å². The van der Waals surface area contributed by atoms with Crippen LogP contribution in [0.15, 0.2) is 4.52 Å². The van der Waals surface area contributed by atoms with Crippen molar-refractivity contribution in [2.24, 2.45) is 5.41 Å². The Labute approximate surface area is 84.1 Å². The molecule has 14 heavy (non-hydrogen) atoms. The van der Waals surface area contributed by atoms with E-state index in [9.17, 15) is 0 Å². The number of aromatic nitrogens is 2. The topological polar surface area (TPSA) is 51.0 Å². The van der Waals surface area contributed by atoms with Gasteiger partial charge >= 0.3 is 0 Å². The Morgan fingerprint density at radius 3 is 2.79 bits per heavy atom. The smallest absolute Gasteiger partial charge is 0.223 e. The van der Waals surface area contributed by atoms with Crippen molar-refractivity contribution < 1.29 is 4.52 Å². The van der Waals surface area contributed by atoms with Crippen LogP contribution in [0.5, 0.6) is 0 Å². The normalized spacial score (nSPS) is 19.3. The minimum absolute atomic E-state index is 0.513. The van der Waals surface area contributed by atoms with Crippen molar-refractivity contribution >= 4 is 0 Å². The van der Waals surface area contributed by atoms with Crippen LogP contribution in [0.25, 0.3) is 0 Å². The van der Waals surface area contributed by atoms with Crippen molar-refractivity contribution in [1.82, 2.24) is 15.5 Å². The van der Waals surface area contributed by atoms with E-state index in [1.165, 1.54) is 19.3 Å². The molecule has 2 rings (SSSR count). The van der Waals surface area contributed by atoms with Gasteiger partial charge in [-0.2, -0.15) is 4.98 Å². The molecule has 0 saturated heterocycles. The summed E-state index contributed by atoms with van der Waals surface area (Å²) in [5, 5.41) is 7.20. The zero-order valence-electron chi connectivity index (χ0n) is 8.84. The SMILES string of the molecule is Cc1nc(CNCC2(C)CCC2)no1. The van der Waals surface area contributed by atoms with Crippen LogP contribution in [0.4, 0.5) is 0 Å². The van der Waals surface area contributed by atoms with Crippen LogP contribution >= 0.6 is 0 Å². The Morgan fingerprint density at radius 1 is 1.50 bits per heavy atom. The maximum atomic E-state index is 4.89. The minimum atomic E-state index is 0.513. The highest BCUT2D eigenvalue weighted by atomic mass is 16.5. The first-order valence-electron chi connectivity index (χ1n) is 5.18. The lowest BCUT2D eigenvalue weighted by Crippen LogP contribution is -2.37. The fourth-order valence-corrected chi connectivity index (χ4v) is 1.85. The molecule has 0 bridgehead atoms. The highest BCUT2D eigenvalue weighted by molar-refractivity contribution is 4.87. The number of nitrogens with one attached hydrogen (secondary N) is 1. The summed E-state index contributed by atoms with van der Waals surface area (Å²) in [7, 11) is 0. The van der Waals surface area contributed by atoms with Gasteiger partial charge in [-0.15, -0.1) is 0 Å². The number of aryl methyl sites for hydroxylation is 1. The van der Waals surface area contributed by atoms with Gasteiger partial charge in [-0.3, -0.25) is 0 Å². The molecular weight excluding hydrogens is 178 g/mol. The summed E-state index contributed by atoms with van der Waals surface area (Å²) >= 11 is 0. The van der Waals surface area contributed by atoms with Gasteiger partial charge in [0, 0.05) is 13.5 Å². The first kappa shape index (κ1) is 9.65. The van der Waals surface area contributed by atoms with E-state index in [1.54, 1.807) is 0 Å². The van der Waals surface area contributed by atoms with Crippen molar-refractivity contribution in [3.05, 3.63) is 11.7 Å². The molecule has 1 aliphatic carbocycles. The van der Waals surface area contributed by atoms with Gasteiger partial charge in [0.2, 0.25) is 5.89 Å². The van der Waals surface area contributed by atoms with E-state index < -0.39 is 0 Å². The predicted octanol–water partition coefficient (Wildman–Crippen LogP) is 1.66. The summed E-state index contributed by atoms with van der Waals surface area (Å²) in [6.45, 7) is 5.90. The van der Waals surface area contributed by atoms with E-state index in [4.69, 9.17) is 4.52 Å². The van der Waals surface area contributed by atoms with Crippen LogP contribution in [-0.4, -0.2) is 16.7 Å². The van der Waals surface area contributed by atoms with Crippen molar-refractivity contribution in [3.63, 3.8) is 0 Å². The molecule has 1 fully saturated rings. The molecule has 78 valence electrons. The third kappa shape index (κ3) is 2.12. The molecule has 1 aliphatic rings. The summed E-state index contributed by atoms with van der Waals surface area (Å²) in [6.07, 6.45) is 4.05. The maximum absolute atomic E-state index is 4.89. The number of rotatable bonds is 4. The second kappa shape index (κ2) is 3.69. The highest BCUT2D eigenvalue weighted by Crippen LogP contribution is 2.39. The van der Waals surface area contributed by atoms with Crippen LogP contribution in [-0.2, 0) is 6.54 Å². The van der Waals surface area contributed by atoms with Crippen LogP contribution < -0.4 is 5.32 Å². The number of hydrogen-bond acceptors (Lipinski definition) is 4. The van der Waals surface area contributed by atoms with E-state index in [2.05, 4.69) is 22.4 Å². The molecule has 0 radical (unpaired) electrons. The van der Waals surface area contributed by atoms with E-state index in [0.717, 1.165) is 12.4 Å². The van der Waals surface area contributed by atoms with Gasteiger partial charge in [0.05, 0.1) is 6.54 Å². The molecule has 0 aromatic carbocycles. The molecule has 1 N–H and O–H groups in total. The van der Waals surface area contributed by atoms with Crippen molar-refractivity contribution in [2.75, 3.05) is 6.54 Å². The van der Waals surface area contributed by atoms with Crippen LogP contribution in [0.1, 0.15) is 37.9 Å². The molecule has 0 unspecified atom stereocenters. The van der Waals surface area contributed by atoms with E-state index in [-0.39, 0.29) is 0 Å². The molecule has 1 aromatic rings. The Morgan fingerprint density at radius 2 is 2.29 bits per heavy atom. The van der Waals surface area contributed by atoms with E-state index in [1.807, 2.05) is 6.92 Å². The van der Waals surface area contributed by atoms with Crippen molar-refractivity contribution in [3.8, 4) is 0 Å². The number of hydrogen-bond donors (Lipinski definition) is 1. The fraction of sp³-hybridized carbons (Fsp3) is 0.800. The lowest BCUT2D eigenvalue weighted by molar-refractivity contribution is 0.156. The average molecular weight is 195 g/mol. The van der Waals surface area contributed by atoms with Gasteiger partial charge < -0.3 is 9.84 Å². The van der Waals surface area contributed by atoms with Crippen molar-refractivity contribution in [1.29, 1.82) is 0 Å². The summed E-state index contributed by atoms with van der Waals surface area (Å²) in [5.74, 6) is 1.39. The lowest BCUT2D eigenvalue weighted by atomic mass is 9.70. The third-order valence-electron chi connectivity index (χ3n) is 2.97. The first-order valence-corrected chi connectivity index (χ1v) is 5.18. The summed E-state index contributed by atoms with van der Waals surface area (Å²) in [4.78, 5) is 4.13. The first-order chi connectivity index (χ1) is 6.68. The highest BCUT2D eigenvalue weighted by Gasteiger charge is 2.30. The summed E-state index contributed by atoms with van der Waals surface area (Å²) in [6, 6.07) is 0. The monoisotopic (exact) mass is 195 g/mol. The molecule has 0 amide bonds. The quantitative estimate of drug-likeness (QED) is 0.793. The lowest BCUT2D eigenvalue weighted by Gasteiger charge is -2.38. The predicted molar refractivity (Wildman–Crippen MR) is 52.7 cm³/mol. The van der Waals surface area contributed by atoms with Gasteiger partial charge in [0.15, 0.2) is 5.82 Å². The van der Waals surface area contributed by atoms with Gasteiger partial charge in [-0.25, -0.2) is 0 Å². The van der Waals surface area contributed by atoms with Gasteiger partial charge in [0.25, 0.3) is 0 Å². The van der Waals surface area contributed by atoms with Crippen molar-refractivity contribution in [2.45, 2.75) is 39.7 Å². The minimum Gasteiger partial charge on any atom is -0.340 e. The maximum Gasteiger partial charge on any atom is 0.223 e. The van der Waals surface area contributed by atoms with Crippen LogP contribution in [0.3, 0.4) is 0 Å². The second-order valence-electron chi connectivity index (χ2n) is 4.50. The molecule has 0 spiro atoms. The molecular formula is C10H17N3O. The molecule has 0 aliphatic heterocycles. The average Bonchev–Trinajstić information content (AvgIpc) is 2.49. The Balaban J connectivity index is 1.72. The molecule has 0 atom stereocenters. The summed E-state index contributed by atoms with van der Waals surface area (Å²) < 4.78 is 4.89. The Hall–Kier alpha value is -0.900. The number of nitrogens with zero attached hydrogens (tertiary/aromatic N) is 2. The van der Waals surface area contributed by atoms with E-state index in [0.29, 0.717) is 17.9 Å².